The van der Waals surface area contributed by atoms with Gasteiger partial charge < -0.3 is 9.84 Å². The zero-order valence-corrected chi connectivity index (χ0v) is 18.9. The number of aromatic hydroxyl groups is 1. The Balaban J connectivity index is 1.72. The second kappa shape index (κ2) is 11.9. The predicted octanol–water partition coefficient (Wildman–Crippen LogP) is 6.72. The van der Waals surface area contributed by atoms with Gasteiger partial charge in [0, 0.05) is 12.2 Å². The van der Waals surface area contributed by atoms with Crippen LogP contribution >= 0.6 is 11.8 Å². The minimum atomic E-state index is -0.104. The molecule has 0 heterocycles. The van der Waals surface area contributed by atoms with Crippen molar-refractivity contribution in [1.29, 1.82) is 0 Å². The van der Waals surface area contributed by atoms with Crippen molar-refractivity contribution in [3.63, 3.8) is 0 Å². The maximum atomic E-state index is 12.1. The number of esters is 1. The first kappa shape index (κ1) is 22.5. The third-order valence-electron chi connectivity index (χ3n) is 6.63. The number of phenols is 1. The molecular formula is C25H38O3S. The van der Waals surface area contributed by atoms with Crippen LogP contribution in [0.15, 0.2) is 12.1 Å². The lowest BCUT2D eigenvalue weighted by atomic mass is 9.78. The number of ether oxygens (including phenoxy) is 1. The highest BCUT2D eigenvalue weighted by Gasteiger charge is 2.25. The zero-order valence-electron chi connectivity index (χ0n) is 18.1. The molecule has 0 radical (unpaired) electrons. The maximum Gasteiger partial charge on any atom is 0.306 e. The number of hydrogen-bond donors (Lipinski definition) is 1. The number of carbonyl (C=O) groups excluding carboxylic acids is 1. The fourth-order valence-electron chi connectivity index (χ4n) is 5.02. The number of thioether (sulfide) groups is 1. The smallest absolute Gasteiger partial charge is 0.306 e. The molecule has 2 aliphatic rings. The van der Waals surface area contributed by atoms with Gasteiger partial charge in [-0.1, -0.05) is 57.6 Å². The van der Waals surface area contributed by atoms with Gasteiger partial charge in [-0.3, -0.25) is 4.79 Å². The molecule has 1 N–H and O–H groups in total. The summed E-state index contributed by atoms with van der Waals surface area (Å²) in [6, 6.07) is 4.38. The molecule has 1 aromatic carbocycles. The van der Waals surface area contributed by atoms with E-state index in [-0.39, 0.29) is 5.97 Å². The molecule has 2 aliphatic carbocycles. The first-order valence-corrected chi connectivity index (χ1v) is 12.9. The first-order valence-electron chi connectivity index (χ1n) is 11.8. The molecular weight excluding hydrogens is 380 g/mol. The number of rotatable bonds is 9. The Hall–Kier alpha value is -1.16. The molecule has 0 aromatic heterocycles. The molecule has 0 spiro atoms. The van der Waals surface area contributed by atoms with Crippen molar-refractivity contribution in [2.45, 2.75) is 95.8 Å². The van der Waals surface area contributed by atoms with E-state index in [0.717, 1.165) is 22.6 Å². The molecule has 3 nitrogen and oxygen atoms in total. The molecule has 0 bridgehead atoms. The van der Waals surface area contributed by atoms with E-state index >= 15 is 0 Å². The van der Waals surface area contributed by atoms with Gasteiger partial charge in [0.2, 0.25) is 0 Å². The lowest BCUT2D eigenvalue weighted by Crippen LogP contribution is -2.11. The Bertz CT molecular complexity index is 606. The molecule has 0 amide bonds. The number of hydrogen-bond acceptors (Lipinski definition) is 4. The van der Waals surface area contributed by atoms with E-state index in [2.05, 4.69) is 19.1 Å². The lowest BCUT2D eigenvalue weighted by molar-refractivity contribution is -0.142. The molecule has 0 unspecified atom stereocenters. The van der Waals surface area contributed by atoms with Gasteiger partial charge in [0.05, 0.1) is 0 Å². The molecule has 4 heteroatoms. The summed E-state index contributed by atoms with van der Waals surface area (Å²) in [7, 11) is 0. The number of phenolic OH excluding ortho intramolecular Hbond substituents is 1. The van der Waals surface area contributed by atoms with Crippen LogP contribution < -0.4 is 0 Å². The largest absolute Gasteiger partial charge is 0.507 e. The number of benzene rings is 1. The van der Waals surface area contributed by atoms with Gasteiger partial charge in [-0.2, -0.15) is 11.8 Å². The maximum absolute atomic E-state index is 12.1. The molecule has 2 fully saturated rings. The van der Waals surface area contributed by atoms with E-state index in [9.17, 15) is 9.90 Å². The van der Waals surface area contributed by atoms with E-state index in [0.29, 0.717) is 37.0 Å². The van der Waals surface area contributed by atoms with Crippen LogP contribution in [-0.2, 0) is 16.0 Å². The number of aryl methyl sites for hydroxylation is 1. The third-order valence-corrected chi connectivity index (χ3v) is 7.49. The van der Waals surface area contributed by atoms with Crippen LogP contribution in [0.2, 0.25) is 0 Å². The van der Waals surface area contributed by atoms with E-state index in [4.69, 9.17) is 4.74 Å². The van der Waals surface area contributed by atoms with E-state index in [1.807, 2.05) is 0 Å². The van der Waals surface area contributed by atoms with Crippen LogP contribution in [-0.4, -0.2) is 29.2 Å². The molecule has 2 saturated carbocycles. The Labute approximate surface area is 181 Å². The summed E-state index contributed by atoms with van der Waals surface area (Å²) in [5, 5.41) is 11.2. The van der Waals surface area contributed by atoms with Gasteiger partial charge in [0.25, 0.3) is 0 Å². The summed E-state index contributed by atoms with van der Waals surface area (Å²) in [6.45, 7) is 2.62. The van der Waals surface area contributed by atoms with Gasteiger partial charge in [0.15, 0.2) is 0 Å². The van der Waals surface area contributed by atoms with Crippen LogP contribution in [0.4, 0.5) is 0 Å². The molecule has 3 rings (SSSR count). The normalized spacial score (nSPS) is 18.7. The molecule has 0 aliphatic heterocycles. The van der Waals surface area contributed by atoms with Crippen LogP contribution in [0.3, 0.4) is 0 Å². The van der Waals surface area contributed by atoms with Crippen molar-refractivity contribution in [3.05, 3.63) is 28.8 Å². The Morgan fingerprint density at radius 3 is 2.07 bits per heavy atom. The van der Waals surface area contributed by atoms with Crippen molar-refractivity contribution in [3.8, 4) is 5.75 Å². The van der Waals surface area contributed by atoms with Gasteiger partial charge in [-0.05, 0) is 66.4 Å². The van der Waals surface area contributed by atoms with Crippen molar-refractivity contribution in [2.24, 2.45) is 0 Å². The topological polar surface area (TPSA) is 46.5 Å². The highest BCUT2D eigenvalue weighted by Crippen LogP contribution is 2.44. The lowest BCUT2D eigenvalue weighted by Gasteiger charge is -2.28. The Kier molecular flexibility index (Phi) is 9.23. The predicted molar refractivity (Wildman–Crippen MR) is 122 cm³/mol. The standard InChI is InChI=1S/C25H38O3S/c1-2-29-16-15-28-24(26)14-13-19-17-22(20-9-5-3-6-10-20)25(27)23(18-19)21-11-7-4-8-12-21/h17-18,20-21,27H,2-16H2,1H3. The van der Waals surface area contributed by atoms with Crippen molar-refractivity contribution in [2.75, 3.05) is 18.1 Å². The average Bonchev–Trinajstić information content (AvgIpc) is 2.77. The highest BCUT2D eigenvalue weighted by molar-refractivity contribution is 7.99. The minimum absolute atomic E-state index is 0.104. The van der Waals surface area contributed by atoms with Crippen LogP contribution in [0.1, 0.15) is 106 Å². The second-order valence-electron chi connectivity index (χ2n) is 8.71. The Morgan fingerprint density at radius 1 is 1.00 bits per heavy atom. The van der Waals surface area contributed by atoms with E-state index in [1.54, 1.807) is 11.8 Å². The van der Waals surface area contributed by atoms with Crippen molar-refractivity contribution in [1.82, 2.24) is 0 Å². The SMILES string of the molecule is CCSCCOC(=O)CCc1cc(C2CCCCC2)c(O)c(C2CCCCC2)c1. The summed E-state index contributed by atoms with van der Waals surface area (Å²) < 4.78 is 5.37. The number of carbonyl (C=O) groups is 1. The minimum Gasteiger partial charge on any atom is -0.507 e. The monoisotopic (exact) mass is 418 g/mol. The summed E-state index contributed by atoms with van der Waals surface area (Å²) in [5.74, 6) is 3.34. The third kappa shape index (κ3) is 6.67. The van der Waals surface area contributed by atoms with Crippen LogP contribution in [0.5, 0.6) is 5.75 Å². The van der Waals surface area contributed by atoms with Crippen molar-refractivity contribution >= 4 is 17.7 Å². The van der Waals surface area contributed by atoms with E-state index < -0.39 is 0 Å². The molecule has 162 valence electrons. The summed E-state index contributed by atoms with van der Waals surface area (Å²) in [4.78, 5) is 12.1. The van der Waals surface area contributed by atoms with Gasteiger partial charge in [-0.25, -0.2) is 0 Å². The summed E-state index contributed by atoms with van der Waals surface area (Å²) in [5.41, 5.74) is 3.50. The summed E-state index contributed by atoms with van der Waals surface area (Å²) >= 11 is 1.80. The van der Waals surface area contributed by atoms with E-state index in [1.165, 1.54) is 69.8 Å². The van der Waals surface area contributed by atoms with Crippen LogP contribution in [0, 0.1) is 0 Å². The first-order chi connectivity index (χ1) is 14.2. The fourth-order valence-corrected chi connectivity index (χ4v) is 5.51. The summed E-state index contributed by atoms with van der Waals surface area (Å²) in [6.07, 6.45) is 13.5. The average molecular weight is 419 g/mol. The van der Waals surface area contributed by atoms with Crippen LogP contribution in [0.25, 0.3) is 0 Å². The van der Waals surface area contributed by atoms with Gasteiger partial charge >= 0.3 is 5.97 Å². The second-order valence-corrected chi connectivity index (χ2v) is 10.1. The van der Waals surface area contributed by atoms with Gasteiger partial charge in [0.1, 0.15) is 12.4 Å². The highest BCUT2D eigenvalue weighted by atomic mass is 32.2. The van der Waals surface area contributed by atoms with Crippen molar-refractivity contribution < 1.29 is 14.6 Å². The molecule has 0 atom stereocenters. The fraction of sp³-hybridized carbons (Fsp3) is 0.720. The molecule has 0 saturated heterocycles. The molecule has 29 heavy (non-hydrogen) atoms. The van der Waals surface area contributed by atoms with Gasteiger partial charge in [-0.15, -0.1) is 0 Å². The quantitative estimate of drug-likeness (QED) is 0.357. The molecule has 1 aromatic rings. The zero-order chi connectivity index (χ0) is 20.5. The Morgan fingerprint density at radius 2 is 1.55 bits per heavy atom.